The Bertz CT molecular complexity index is 579. The van der Waals surface area contributed by atoms with Gasteiger partial charge in [-0.1, -0.05) is 6.07 Å². The molecule has 7 nitrogen and oxygen atoms in total. The van der Waals surface area contributed by atoms with Crippen molar-refractivity contribution in [1.29, 1.82) is 0 Å². The number of methoxy groups -OCH3 is 2. The zero-order valence-electron chi connectivity index (χ0n) is 9.95. The molecule has 2 rings (SSSR count). The molecule has 0 unspecified atom stereocenters. The van der Waals surface area contributed by atoms with E-state index in [1.165, 1.54) is 25.1 Å². The van der Waals surface area contributed by atoms with Crippen molar-refractivity contribution in [1.82, 2.24) is 14.8 Å². The minimum Gasteiger partial charge on any atom is -0.481 e. The molecule has 0 aliphatic carbocycles. The summed E-state index contributed by atoms with van der Waals surface area (Å²) in [5, 5.41) is 4.03. The van der Waals surface area contributed by atoms with Crippen molar-refractivity contribution in [3.8, 4) is 11.7 Å². The van der Waals surface area contributed by atoms with Crippen molar-refractivity contribution < 1.29 is 14.3 Å². The SMILES string of the molecule is COC(=O)c1nn(-c2cccc(OC)n2)cc1N. The number of pyridine rings is 1. The molecule has 0 aliphatic rings. The molecule has 0 aromatic carbocycles. The topological polar surface area (TPSA) is 92.3 Å². The summed E-state index contributed by atoms with van der Waals surface area (Å²) in [6, 6.07) is 5.18. The Hall–Kier alpha value is -2.57. The molecular weight excluding hydrogens is 236 g/mol. The van der Waals surface area contributed by atoms with Gasteiger partial charge in [-0.25, -0.2) is 9.48 Å². The van der Waals surface area contributed by atoms with Crippen LogP contribution in [0.2, 0.25) is 0 Å². The molecule has 0 bridgehead atoms. The lowest BCUT2D eigenvalue weighted by Gasteiger charge is -2.02. The Labute approximate surface area is 103 Å². The molecule has 0 saturated heterocycles. The Kier molecular flexibility index (Phi) is 3.13. The number of nitrogens with zero attached hydrogens (tertiary/aromatic N) is 3. The number of esters is 1. The number of ether oxygens (including phenoxy) is 2. The second kappa shape index (κ2) is 4.74. The molecule has 7 heteroatoms. The molecule has 2 N–H and O–H groups in total. The number of hydrogen-bond acceptors (Lipinski definition) is 6. The quantitative estimate of drug-likeness (QED) is 0.801. The van der Waals surface area contributed by atoms with E-state index in [4.69, 9.17) is 10.5 Å². The van der Waals surface area contributed by atoms with Crippen LogP contribution in [0.25, 0.3) is 5.82 Å². The van der Waals surface area contributed by atoms with Gasteiger partial charge in [0.15, 0.2) is 11.5 Å². The molecular formula is C11H12N4O3. The number of nitrogens with two attached hydrogens (primary N) is 1. The summed E-state index contributed by atoms with van der Waals surface area (Å²) in [7, 11) is 2.79. The van der Waals surface area contributed by atoms with Crippen molar-refractivity contribution >= 4 is 11.7 Å². The van der Waals surface area contributed by atoms with E-state index in [0.717, 1.165) is 0 Å². The van der Waals surface area contributed by atoms with Crippen molar-refractivity contribution in [2.24, 2.45) is 0 Å². The zero-order chi connectivity index (χ0) is 13.1. The van der Waals surface area contributed by atoms with Gasteiger partial charge >= 0.3 is 5.97 Å². The normalized spacial score (nSPS) is 10.1. The highest BCUT2D eigenvalue weighted by Crippen LogP contribution is 2.15. The van der Waals surface area contributed by atoms with E-state index >= 15 is 0 Å². The highest BCUT2D eigenvalue weighted by atomic mass is 16.5. The lowest BCUT2D eigenvalue weighted by molar-refractivity contribution is 0.0594. The minimum absolute atomic E-state index is 0.0575. The van der Waals surface area contributed by atoms with Crippen LogP contribution in [0, 0.1) is 0 Å². The molecule has 0 aliphatic heterocycles. The number of anilines is 1. The largest absolute Gasteiger partial charge is 0.481 e. The van der Waals surface area contributed by atoms with Crippen LogP contribution >= 0.6 is 0 Å². The fourth-order valence-corrected chi connectivity index (χ4v) is 1.41. The molecule has 0 saturated carbocycles. The minimum atomic E-state index is -0.589. The molecule has 2 heterocycles. The summed E-state index contributed by atoms with van der Waals surface area (Å²) >= 11 is 0. The van der Waals surface area contributed by atoms with Crippen LogP contribution in [-0.4, -0.2) is 35.0 Å². The lowest BCUT2D eigenvalue weighted by Crippen LogP contribution is -2.06. The third-order valence-electron chi connectivity index (χ3n) is 2.27. The van der Waals surface area contributed by atoms with E-state index in [0.29, 0.717) is 11.7 Å². The van der Waals surface area contributed by atoms with Crippen molar-refractivity contribution in [3.05, 3.63) is 30.1 Å². The summed E-state index contributed by atoms with van der Waals surface area (Å²) in [5.41, 5.74) is 5.97. The first kappa shape index (κ1) is 11.9. The molecule has 0 spiro atoms. The molecule has 0 fully saturated rings. The van der Waals surface area contributed by atoms with Gasteiger partial charge in [0.25, 0.3) is 0 Å². The van der Waals surface area contributed by atoms with Crippen LogP contribution in [0.5, 0.6) is 5.88 Å². The summed E-state index contributed by atoms with van der Waals surface area (Å²) in [6.07, 6.45) is 1.49. The monoisotopic (exact) mass is 248 g/mol. The molecule has 2 aromatic rings. The summed E-state index contributed by atoms with van der Waals surface area (Å²) in [5.74, 6) is 0.353. The van der Waals surface area contributed by atoms with Gasteiger partial charge in [-0.15, -0.1) is 0 Å². The van der Waals surface area contributed by atoms with Crippen LogP contribution in [0.1, 0.15) is 10.5 Å². The van der Waals surface area contributed by atoms with Gasteiger partial charge in [-0.05, 0) is 6.07 Å². The van der Waals surface area contributed by atoms with Gasteiger partial charge in [0.05, 0.1) is 26.1 Å². The number of aromatic nitrogens is 3. The summed E-state index contributed by atoms with van der Waals surface area (Å²) in [4.78, 5) is 15.6. The number of hydrogen-bond donors (Lipinski definition) is 1. The first-order valence-corrected chi connectivity index (χ1v) is 5.10. The van der Waals surface area contributed by atoms with Gasteiger partial charge < -0.3 is 15.2 Å². The van der Waals surface area contributed by atoms with Crippen molar-refractivity contribution in [3.63, 3.8) is 0 Å². The second-order valence-electron chi connectivity index (χ2n) is 3.41. The van der Waals surface area contributed by atoms with E-state index in [1.807, 2.05) is 0 Å². The predicted molar refractivity (Wildman–Crippen MR) is 63.7 cm³/mol. The number of carbonyl (C=O) groups is 1. The second-order valence-corrected chi connectivity index (χ2v) is 3.41. The van der Waals surface area contributed by atoms with Gasteiger partial charge in [0.1, 0.15) is 0 Å². The Morgan fingerprint density at radius 1 is 1.39 bits per heavy atom. The van der Waals surface area contributed by atoms with E-state index < -0.39 is 5.97 Å². The average molecular weight is 248 g/mol. The Balaban J connectivity index is 2.42. The maximum Gasteiger partial charge on any atom is 0.360 e. The van der Waals surface area contributed by atoms with E-state index in [9.17, 15) is 4.79 Å². The van der Waals surface area contributed by atoms with Crippen LogP contribution in [0.15, 0.2) is 24.4 Å². The van der Waals surface area contributed by atoms with Gasteiger partial charge in [0, 0.05) is 6.07 Å². The van der Waals surface area contributed by atoms with E-state index in [1.54, 1.807) is 18.2 Å². The van der Waals surface area contributed by atoms with Gasteiger partial charge in [-0.2, -0.15) is 10.1 Å². The average Bonchev–Trinajstić information content (AvgIpc) is 2.80. The van der Waals surface area contributed by atoms with Crippen molar-refractivity contribution in [2.75, 3.05) is 20.0 Å². The van der Waals surface area contributed by atoms with Crippen molar-refractivity contribution in [2.45, 2.75) is 0 Å². The first-order chi connectivity index (χ1) is 8.65. The van der Waals surface area contributed by atoms with E-state index in [-0.39, 0.29) is 11.4 Å². The summed E-state index contributed by atoms with van der Waals surface area (Å²) < 4.78 is 11.0. The van der Waals surface area contributed by atoms with Crippen LogP contribution in [0.3, 0.4) is 0 Å². The molecule has 0 atom stereocenters. The highest BCUT2D eigenvalue weighted by Gasteiger charge is 2.16. The number of rotatable bonds is 3. The summed E-state index contributed by atoms with van der Waals surface area (Å²) in [6.45, 7) is 0. The predicted octanol–water partition coefficient (Wildman–Crippen LogP) is 0.645. The van der Waals surface area contributed by atoms with Crippen LogP contribution in [-0.2, 0) is 4.74 Å². The first-order valence-electron chi connectivity index (χ1n) is 5.10. The molecule has 0 radical (unpaired) electrons. The van der Waals surface area contributed by atoms with Crippen LogP contribution < -0.4 is 10.5 Å². The number of nitrogen functional groups attached to an aromatic ring is 1. The van der Waals surface area contributed by atoms with Gasteiger partial charge in [-0.3, -0.25) is 0 Å². The Morgan fingerprint density at radius 3 is 2.83 bits per heavy atom. The fraction of sp³-hybridized carbons (Fsp3) is 0.182. The fourth-order valence-electron chi connectivity index (χ4n) is 1.41. The molecule has 0 amide bonds. The standard InChI is InChI=1S/C11H12N4O3/c1-17-9-5-3-4-8(13-9)15-6-7(12)10(14-15)11(16)18-2/h3-6H,12H2,1-2H3. The Morgan fingerprint density at radius 2 is 2.17 bits per heavy atom. The van der Waals surface area contributed by atoms with Crippen LogP contribution in [0.4, 0.5) is 5.69 Å². The van der Waals surface area contributed by atoms with Gasteiger partial charge in [0.2, 0.25) is 5.88 Å². The maximum absolute atomic E-state index is 11.4. The third kappa shape index (κ3) is 2.10. The highest BCUT2D eigenvalue weighted by molar-refractivity contribution is 5.92. The lowest BCUT2D eigenvalue weighted by atomic mass is 10.4. The third-order valence-corrected chi connectivity index (χ3v) is 2.27. The van der Waals surface area contributed by atoms with E-state index in [2.05, 4.69) is 14.8 Å². The zero-order valence-corrected chi connectivity index (χ0v) is 9.95. The molecule has 2 aromatic heterocycles. The molecule has 94 valence electrons. The maximum atomic E-state index is 11.4. The molecule has 18 heavy (non-hydrogen) atoms. The smallest absolute Gasteiger partial charge is 0.360 e. The number of carbonyl (C=O) groups excluding carboxylic acids is 1.